The van der Waals surface area contributed by atoms with Gasteiger partial charge in [-0.15, -0.1) is 0 Å². The second-order valence-corrected chi connectivity index (χ2v) is 9.45. The minimum Gasteiger partial charge on any atom is -0.349 e. The van der Waals surface area contributed by atoms with Crippen molar-refractivity contribution < 1.29 is 9.59 Å². The van der Waals surface area contributed by atoms with Crippen LogP contribution in [0.5, 0.6) is 0 Å². The van der Waals surface area contributed by atoms with Gasteiger partial charge in [0.25, 0.3) is 11.8 Å². The summed E-state index contributed by atoms with van der Waals surface area (Å²) in [5, 5.41) is 6.08. The third-order valence-corrected chi connectivity index (χ3v) is 6.88. The molecule has 2 aromatic rings. The third kappa shape index (κ3) is 6.19. The van der Waals surface area contributed by atoms with Crippen molar-refractivity contribution >= 4 is 17.5 Å². The standard InChI is InChI=1S/C27H35N3O2/c1-20-7-13-24(14-8-20)28-26(31)22-9-11-23(12-10-22)27(32)29-25-15-17-30(18-16-25)19-21-5-3-2-4-6-21/h7-14,21,25H,2-6,15-19H2,1H3,(H,28,31)(H,29,32). The number of nitrogens with one attached hydrogen (secondary N) is 2. The lowest BCUT2D eigenvalue weighted by Gasteiger charge is -2.35. The number of carbonyl (C=O) groups excluding carboxylic acids is 2. The van der Waals surface area contributed by atoms with Gasteiger partial charge in [0.2, 0.25) is 0 Å². The van der Waals surface area contributed by atoms with E-state index in [0.29, 0.717) is 11.1 Å². The first-order valence-electron chi connectivity index (χ1n) is 12.1. The average molecular weight is 434 g/mol. The fraction of sp³-hybridized carbons (Fsp3) is 0.481. The quantitative estimate of drug-likeness (QED) is 0.672. The van der Waals surface area contributed by atoms with Crippen molar-refractivity contribution in [1.82, 2.24) is 10.2 Å². The maximum absolute atomic E-state index is 12.7. The molecular weight excluding hydrogens is 398 g/mol. The number of piperidine rings is 1. The van der Waals surface area contributed by atoms with Crippen LogP contribution < -0.4 is 10.6 Å². The van der Waals surface area contributed by atoms with Gasteiger partial charge in [-0.3, -0.25) is 9.59 Å². The van der Waals surface area contributed by atoms with Crippen LogP contribution in [0, 0.1) is 12.8 Å². The highest BCUT2D eigenvalue weighted by Gasteiger charge is 2.24. The van der Waals surface area contributed by atoms with E-state index in [4.69, 9.17) is 0 Å². The molecule has 2 fully saturated rings. The van der Waals surface area contributed by atoms with E-state index in [1.807, 2.05) is 31.2 Å². The smallest absolute Gasteiger partial charge is 0.255 e. The minimum atomic E-state index is -0.175. The topological polar surface area (TPSA) is 61.4 Å². The van der Waals surface area contributed by atoms with Crippen molar-refractivity contribution in [3.8, 4) is 0 Å². The Kier molecular flexibility index (Phi) is 7.59. The van der Waals surface area contributed by atoms with Crippen LogP contribution in [0.15, 0.2) is 48.5 Å². The molecule has 1 aliphatic heterocycles. The molecule has 0 spiro atoms. The number of anilines is 1. The number of carbonyl (C=O) groups is 2. The van der Waals surface area contributed by atoms with Gasteiger partial charge in [-0.05, 0) is 74.9 Å². The van der Waals surface area contributed by atoms with Crippen molar-refractivity contribution in [3.05, 3.63) is 65.2 Å². The second-order valence-electron chi connectivity index (χ2n) is 9.45. The largest absolute Gasteiger partial charge is 0.349 e. The monoisotopic (exact) mass is 433 g/mol. The second kappa shape index (κ2) is 10.8. The predicted octanol–water partition coefficient (Wildman–Crippen LogP) is 5.02. The van der Waals surface area contributed by atoms with Gasteiger partial charge in [0.1, 0.15) is 0 Å². The van der Waals surface area contributed by atoms with E-state index in [1.165, 1.54) is 38.6 Å². The zero-order valence-electron chi connectivity index (χ0n) is 19.1. The molecule has 5 heteroatoms. The number of hydrogen-bond acceptors (Lipinski definition) is 3. The SMILES string of the molecule is Cc1ccc(NC(=O)c2ccc(C(=O)NC3CCN(CC4CCCCC4)CC3)cc2)cc1. The summed E-state index contributed by atoms with van der Waals surface area (Å²) in [5.74, 6) is 0.643. The fourth-order valence-electron chi connectivity index (χ4n) is 4.88. The normalized spacial score (nSPS) is 18.3. The first-order chi connectivity index (χ1) is 15.6. The van der Waals surface area contributed by atoms with Gasteiger partial charge in [0.15, 0.2) is 0 Å². The molecule has 0 radical (unpaired) electrons. The van der Waals surface area contributed by atoms with Crippen LogP contribution in [0.2, 0.25) is 0 Å². The molecule has 0 aromatic heterocycles. The number of nitrogens with zero attached hydrogens (tertiary/aromatic N) is 1. The van der Waals surface area contributed by atoms with Crippen molar-refractivity contribution in [2.75, 3.05) is 25.0 Å². The number of hydrogen-bond donors (Lipinski definition) is 2. The Hall–Kier alpha value is -2.66. The number of likely N-dealkylation sites (tertiary alicyclic amines) is 1. The summed E-state index contributed by atoms with van der Waals surface area (Å²) in [7, 11) is 0. The van der Waals surface area contributed by atoms with Gasteiger partial charge in [0.05, 0.1) is 0 Å². The molecule has 1 heterocycles. The molecule has 1 saturated carbocycles. The molecule has 32 heavy (non-hydrogen) atoms. The van der Waals surface area contributed by atoms with E-state index in [2.05, 4.69) is 15.5 Å². The molecule has 0 unspecified atom stereocenters. The van der Waals surface area contributed by atoms with E-state index in [1.54, 1.807) is 24.3 Å². The Morgan fingerprint density at radius 1 is 0.812 bits per heavy atom. The Bertz CT molecular complexity index is 894. The van der Waals surface area contributed by atoms with Crippen LogP contribution >= 0.6 is 0 Å². The molecule has 2 aromatic carbocycles. The van der Waals surface area contributed by atoms with Crippen molar-refractivity contribution in [2.24, 2.45) is 5.92 Å². The molecule has 0 atom stereocenters. The maximum Gasteiger partial charge on any atom is 0.255 e. The van der Waals surface area contributed by atoms with Crippen LogP contribution in [0.3, 0.4) is 0 Å². The maximum atomic E-state index is 12.7. The van der Waals surface area contributed by atoms with Crippen molar-refractivity contribution in [3.63, 3.8) is 0 Å². The lowest BCUT2D eigenvalue weighted by Crippen LogP contribution is -2.45. The Morgan fingerprint density at radius 3 is 2.03 bits per heavy atom. The van der Waals surface area contributed by atoms with E-state index >= 15 is 0 Å². The van der Waals surface area contributed by atoms with Gasteiger partial charge < -0.3 is 15.5 Å². The van der Waals surface area contributed by atoms with Gasteiger partial charge in [-0.25, -0.2) is 0 Å². The molecule has 2 N–H and O–H groups in total. The van der Waals surface area contributed by atoms with E-state index < -0.39 is 0 Å². The van der Waals surface area contributed by atoms with E-state index in [-0.39, 0.29) is 17.9 Å². The zero-order chi connectivity index (χ0) is 22.3. The fourth-order valence-corrected chi connectivity index (χ4v) is 4.88. The zero-order valence-corrected chi connectivity index (χ0v) is 19.1. The molecule has 0 bridgehead atoms. The van der Waals surface area contributed by atoms with E-state index in [9.17, 15) is 9.59 Å². The lowest BCUT2D eigenvalue weighted by atomic mass is 9.88. The molecule has 2 aliphatic rings. The summed E-state index contributed by atoms with van der Waals surface area (Å²) in [6.07, 6.45) is 8.98. The van der Waals surface area contributed by atoms with Crippen LogP contribution in [-0.4, -0.2) is 42.4 Å². The molecule has 4 rings (SSSR count). The summed E-state index contributed by atoms with van der Waals surface area (Å²) >= 11 is 0. The minimum absolute atomic E-state index is 0.0544. The Morgan fingerprint density at radius 2 is 1.41 bits per heavy atom. The first kappa shape index (κ1) is 22.5. The first-order valence-corrected chi connectivity index (χ1v) is 12.1. The molecule has 1 saturated heterocycles. The molecule has 1 aliphatic carbocycles. The average Bonchev–Trinajstić information content (AvgIpc) is 2.82. The van der Waals surface area contributed by atoms with Crippen LogP contribution in [0.1, 0.15) is 71.2 Å². The third-order valence-electron chi connectivity index (χ3n) is 6.88. The van der Waals surface area contributed by atoms with Gasteiger partial charge in [-0.1, -0.05) is 37.0 Å². The summed E-state index contributed by atoms with van der Waals surface area (Å²) in [6.45, 7) is 5.38. The van der Waals surface area contributed by atoms with Crippen LogP contribution in [0.4, 0.5) is 5.69 Å². The van der Waals surface area contributed by atoms with E-state index in [0.717, 1.165) is 43.1 Å². The van der Waals surface area contributed by atoms with Crippen molar-refractivity contribution in [2.45, 2.75) is 57.9 Å². The number of rotatable bonds is 6. The summed E-state index contributed by atoms with van der Waals surface area (Å²) < 4.78 is 0. The predicted molar refractivity (Wildman–Crippen MR) is 129 cm³/mol. The van der Waals surface area contributed by atoms with Crippen LogP contribution in [0.25, 0.3) is 0 Å². The Balaban J connectivity index is 1.23. The van der Waals surface area contributed by atoms with Gasteiger partial charge in [-0.2, -0.15) is 0 Å². The van der Waals surface area contributed by atoms with Crippen LogP contribution in [-0.2, 0) is 0 Å². The Labute approximate surface area is 191 Å². The highest BCUT2D eigenvalue weighted by Crippen LogP contribution is 2.25. The summed E-state index contributed by atoms with van der Waals surface area (Å²) in [5.41, 5.74) is 3.05. The summed E-state index contributed by atoms with van der Waals surface area (Å²) in [6, 6.07) is 14.8. The molecular formula is C27H35N3O2. The van der Waals surface area contributed by atoms with Crippen molar-refractivity contribution in [1.29, 1.82) is 0 Å². The molecule has 2 amide bonds. The number of benzene rings is 2. The highest BCUT2D eigenvalue weighted by atomic mass is 16.2. The molecule has 5 nitrogen and oxygen atoms in total. The number of aryl methyl sites for hydroxylation is 1. The summed E-state index contributed by atoms with van der Waals surface area (Å²) in [4.78, 5) is 27.7. The number of amides is 2. The van der Waals surface area contributed by atoms with Gasteiger partial charge in [0, 0.05) is 42.5 Å². The van der Waals surface area contributed by atoms with Gasteiger partial charge >= 0.3 is 0 Å². The molecule has 170 valence electrons. The lowest BCUT2D eigenvalue weighted by molar-refractivity contribution is 0.0900. The highest BCUT2D eigenvalue weighted by molar-refractivity contribution is 6.05.